The van der Waals surface area contributed by atoms with Crippen molar-refractivity contribution in [3.8, 4) is 5.75 Å². The molecule has 0 aliphatic carbocycles. The van der Waals surface area contributed by atoms with Crippen LogP contribution in [0.15, 0.2) is 53.4 Å². The molecule has 3 N–H and O–H groups in total. The van der Waals surface area contributed by atoms with E-state index < -0.39 is 10.0 Å². The zero-order chi connectivity index (χ0) is 21.3. The summed E-state index contributed by atoms with van der Waals surface area (Å²) in [7, 11) is -2.17. The fourth-order valence-corrected chi connectivity index (χ4v) is 3.46. The number of rotatable bonds is 10. The number of carbonyl (C=O) groups excluding carboxylic acids is 2. The molecular formula is C19H22ClN3O5S. The van der Waals surface area contributed by atoms with Crippen LogP contribution in [-0.4, -0.2) is 47.0 Å². The molecule has 0 spiro atoms. The molecule has 0 radical (unpaired) electrons. The first-order valence-corrected chi connectivity index (χ1v) is 10.6. The van der Waals surface area contributed by atoms with E-state index in [4.69, 9.17) is 16.3 Å². The van der Waals surface area contributed by atoms with Crippen LogP contribution in [0.5, 0.6) is 5.75 Å². The van der Waals surface area contributed by atoms with Crippen molar-refractivity contribution in [1.82, 2.24) is 15.4 Å². The maximum atomic E-state index is 12.2. The van der Waals surface area contributed by atoms with E-state index in [-0.39, 0.29) is 42.8 Å². The van der Waals surface area contributed by atoms with E-state index in [1.165, 1.54) is 19.2 Å². The summed E-state index contributed by atoms with van der Waals surface area (Å²) in [6.07, 6.45) is 0.0740. The van der Waals surface area contributed by atoms with Gasteiger partial charge in [-0.05, 0) is 48.5 Å². The van der Waals surface area contributed by atoms with E-state index >= 15 is 0 Å². The second kappa shape index (κ2) is 10.8. The van der Waals surface area contributed by atoms with Gasteiger partial charge in [-0.3, -0.25) is 9.59 Å². The largest absolute Gasteiger partial charge is 0.497 e. The van der Waals surface area contributed by atoms with E-state index in [9.17, 15) is 18.0 Å². The number of amides is 2. The van der Waals surface area contributed by atoms with Gasteiger partial charge in [0, 0.05) is 36.6 Å². The molecule has 0 bridgehead atoms. The minimum Gasteiger partial charge on any atom is -0.497 e. The monoisotopic (exact) mass is 439 g/mol. The van der Waals surface area contributed by atoms with Gasteiger partial charge in [-0.25, -0.2) is 13.1 Å². The number of benzene rings is 2. The smallest absolute Gasteiger partial charge is 0.251 e. The molecule has 2 rings (SSSR count). The van der Waals surface area contributed by atoms with Gasteiger partial charge in [0.1, 0.15) is 5.75 Å². The fraction of sp³-hybridized carbons (Fsp3) is 0.263. The number of methoxy groups -OCH3 is 1. The Morgan fingerprint density at radius 1 is 0.931 bits per heavy atom. The van der Waals surface area contributed by atoms with Crippen LogP contribution in [0.1, 0.15) is 16.8 Å². The van der Waals surface area contributed by atoms with Gasteiger partial charge in [0.15, 0.2) is 0 Å². The lowest BCUT2D eigenvalue weighted by atomic mass is 10.2. The molecule has 2 amide bonds. The molecule has 2 aromatic rings. The Bertz CT molecular complexity index is 931. The maximum absolute atomic E-state index is 12.2. The predicted molar refractivity (Wildman–Crippen MR) is 110 cm³/mol. The van der Waals surface area contributed by atoms with Gasteiger partial charge in [0.25, 0.3) is 5.91 Å². The van der Waals surface area contributed by atoms with Gasteiger partial charge in [-0.15, -0.1) is 0 Å². The van der Waals surface area contributed by atoms with Gasteiger partial charge in [0.05, 0.1) is 12.0 Å². The Morgan fingerprint density at radius 3 is 2.21 bits per heavy atom. The van der Waals surface area contributed by atoms with Gasteiger partial charge in [-0.1, -0.05) is 11.6 Å². The predicted octanol–water partition coefficient (Wildman–Crippen LogP) is 1.56. The average molecular weight is 440 g/mol. The SMILES string of the molecule is COc1ccc(S(=O)(=O)NCCNC(=O)CCNC(=O)c2ccc(Cl)cc2)cc1. The van der Waals surface area contributed by atoms with E-state index in [1.54, 1.807) is 36.4 Å². The first-order chi connectivity index (χ1) is 13.8. The quantitative estimate of drug-likeness (QED) is 0.486. The summed E-state index contributed by atoms with van der Waals surface area (Å²) in [6.45, 7) is 0.321. The zero-order valence-electron chi connectivity index (χ0n) is 15.8. The number of carbonyl (C=O) groups is 2. The van der Waals surface area contributed by atoms with E-state index in [2.05, 4.69) is 15.4 Å². The molecule has 0 aliphatic heterocycles. The third-order valence-corrected chi connectivity index (χ3v) is 5.58. The van der Waals surface area contributed by atoms with Crippen LogP contribution in [0, 0.1) is 0 Å². The van der Waals surface area contributed by atoms with Crippen LogP contribution in [0.25, 0.3) is 0 Å². The van der Waals surface area contributed by atoms with Gasteiger partial charge < -0.3 is 15.4 Å². The number of sulfonamides is 1. The summed E-state index contributed by atoms with van der Waals surface area (Å²) in [6, 6.07) is 12.4. The number of hydrogen-bond acceptors (Lipinski definition) is 5. The van der Waals surface area contributed by atoms with Crippen molar-refractivity contribution in [2.24, 2.45) is 0 Å². The van der Waals surface area contributed by atoms with Crippen LogP contribution >= 0.6 is 11.6 Å². The first kappa shape index (κ1) is 22.7. The lowest BCUT2D eigenvalue weighted by Crippen LogP contribution is -2.36. The van der Waals surface area contributed by atoms with Crippen molar-refractivity contribution >= 4 is 33.4 Å². The summed E-state index contributed by atoms with van der Waals surface area (Å²) >= 11 is 5.77. The first-order valence-electron chi connectivity index (χ1n) is 8.76. The van der Waals surface area contributed by atoms with Gasteiger partial charge in [0.2, 0.25) is 15.9 Å². The van der Waals surface area contributed by atoms with E-state index in [1.807, 2.05) is 0 Å². The van der Waals surface area contributed by atoms with Crippen molar-refractivity contribution in [2.75, 3.05) is 26.7 Å². The Morgan fingerprint density at radius 2 is 1.59 bits per heavy atom. The normalized spacial score (nSPS) is 11.0. The van der Waals surface area contributed by atoms with Crippen molar-refractivity contribution in [3.05, 3.63) is 59.1 Å². The fourth-order valence-electron chi connectivity index (χ4n) is 2.31. The highest BCUT2D eigenvalue weighted by molar-refractivity contribution is 7.89. The lowest BCUT2D eigenvalue weighted by Gasteiger charge is -2.09. The highest BCUT2D eigenvalue weighted by atomic mass is 35.5. The molecule has 0 aliphatic rings. The highest BCUT2D eigenvalue weighted by Crippen LogP contribution is 2.15. The number of ether oxygens (including phenoxy) is 1. The summed E-state index contributed by atoms with van der Waals surface area (Å²) in [5, 5.41) is 5.75. The lowest BCUT2D eigenvalue weighted by molar-refractivity contribution is -0.120. The topological polar surface area (TPSA) is 114 Å². The third kappa shape index (κ3) is 7.37. The van der Waals surface area contributed by atoms with Crippen LogP contribution in [0.4, 0.5) is 0 Å². The maximum Gasteiger partial charge on any atom is 0.251 e. The Hall–Kier alpha value is -2.62. The Balaban J connectivity index is 1.66. The van der Waals surface area contributed by atoms with Gasteiger partial charge >= 0.3 is 0 Å². The van der Waals surface area contributed by atoms with E-state index in [0.717, 1.165) is 0 Å². The molecule has 0 saturated carbocycles. The molecule has 0 atom stereocenters. The molecule has 0 heterocycles. The Labute approximate surface area is 174 Å². The third-order valence-electron chi connectivity index (χ3n) is 3.85. The second-order valence-corrected chi connectivity index (χ2v) is 8.14. The number of halogens is 1. The van der Waals surface area contributed by atoms with Crippen molar-refractivity contribution in [3.63, 3.8) is 0 Å². The second-order valence-electron chi connectivity index (χ2n) is 5.94. The zero-order valence-corrected chi connectivity index (χ0v) is 17.3. The Kier molecular flexibility index (Phi) is 8.44. The average Bonchev–Trinajstić information content (AvgIpc) is 2.71. The van der Waals surface area contributed by atoms with Crippen molar-refractivity contribution < 1.29 is 22.7 Å². The van der Waals surface area contributed by atoms with Crippen LogP contribution in [0.2, 0.25) is 5.02 Å². The molecule has 2 aromatic carbocycles. The molecule has 156 valence electrons. The molecule has 29 heavy (non-hydrogen) atoms. The minimum atomic E-state index is -3.67. The summed E-state index contributed by atoms with van der Waals surface area (Å²) in [5.74, 6) is -0.0499. The molecule has 0 saturated heterocycles. The molecule has 0 aromatic heterocycles. The van der Waals surface area contributed by atoms with E-state index in [0.29, 0.717) is 16.3 Å². The van der Waals surface area contributed by atoms with Crippen LogP contribution in [0.3, 0.4) is 0 Å². The highest BCUT2D eigenvalue weighted by Gasteiger charge is 2.13. The molecule has 10 heteroatoms. The summed E-state index contributed by atoms with van der Waals surface area (Å²) in [4.78, 5) is 23.8. The molecule has 0 fully saturated rings. The number of nitrogens with one attached hydrogen (secondary N) is 3. The van der Waals surface area contributed by atoms with Crippen LogP contribution in [-0.2, 0) is 14.8 Å². The molecule has 0 unspecified atom stereocenters. The standard InChI is InChI=1S/C19H22ClN3O5S/c1-28-16-6-8-17(9-7-16)29(26,27)23-13-12-21-18(24)10-11-22-19(25)14-2-4-15(20)5-3-14/h2-9,23H,10-13H2,1H3,(H,21,24)(H,22,25). The molecule has 8 nitrogen and oxygen atoms in total. The molecular weight excluding hydrogens is 418 g/mol. The van der Waals surface area contributed by atoms with Crippen molar-refractivity contribution in [2.45, 2.75) is 11.3 Å². The van der Waals surface area contributed by atoms with Gasteiger partial charge in [-0.2, -0.15) is 0 Å². The van der Waals surface area contributed by atoms with Crippen LogP contribution < -0.4 is 20.1 Å². The summed E-state index contributed by atoms with van der Waals surface area (Å²) in [5.41, 5.74) is 0.447. The number of hydrogen-bond donors (Lipinski definition) is 3. The van der Waals surface area contributed by atoms with Crippen molar-refractivity contribution in [1.29, 1.82) is 0 Å². The minimum absolute atomic E-state index is 0.0389. The summed E-state index contributed by atoms with van der Waals surface area (Å²) < 4.78 is 31.7.